The predicted molar refractivity (Wildman–Crippen MR) is 75.8 cm³/mol. The molecular formula is C15H24N2O. The Balaban J connectivity index is 3.36. The summed E-state index contributed by atoms with van der Waals surface area (Å²) in [4.78, 5) is 12.6. The first-order valence-electron chi connectivity index (χ1n) is 6.71. The summed E-state index contributed by atoms with van der Waals surface area (Å²) >= 11 is 0. The molecule has 0 radical (unpaired) electrons. The standard InChI is InChI=1S/C15H24N2O/c1-7-11(8-2)15(18)13-12(9-3)17(6)16-14(13)10(4)5/h9-11H,3,7-8H2,1-2,4-6H3. The van der Waals surface area contributed by atoms with Gasteiger partial charge < -0.3 is 0 Å². The van der Waals surface area contributed by atoms with Crippen molar-refractivity contribution in [2.75, 3.05) is 0 Å². The van der Waals surface area contributed by atoms with E-state index in [1.807, 2.05) is 7.05 Å². The second-order valence-electron chi connectivity index (χ2n) is 5.01. The molecule has 0 saturated heterocycles. The number of Topliss-reactive ketones (excluding diaryl/α,β-unsaturated/α-hetero) is 1. The Hall–Kier alpha value is -1.38. The number of ketones is 1. The molecule has 0 N–H and O–H groups in total. The van der Waals surface area contributed by atoms with Gasteiger partial charge in [-0.25, -0.2) is 0 Å². The molecule has 1 heterocycles. The van der Waals surface area contributed by atoms with Gasteiger partial charge in [0.25, 0.3) is 0 Å². The maximum Gasteiger partial charge on any atom is 0.169 e. The molecule has 1 aromatic rings. The number of carbonyl (C=O) groups excluding carboxylic acids is 1. The SMILES string of the molecule is C=Cc1c(C(=O)C(CC)CC)c(C(C)C)nn1C. The van der Waals surface area contributed by atoms with E-state index in [0.29, 0.717) is 0 Å². The Labute approximate surface area is 110 Å². The summed E-state index contributed by atoms with van der Waals surface area (Å²) in [5.74, 6) is 0.551. The highest BCUT2D eigenvalue weighted by Crippen LogP contribution is 2.27. The highest BCUT2D eigenvalue weighted by Gasteiger charge is 2.26. The molecule has 0 spiro atoms. The highest BCUT2D eigenvalue weighted by atomic mass is 16.1. The first kappa shape index (κ1) is 14.7. The first-order chi connectivity index (χ1) is 8.47. The molecule has 3 nitrogen and oxygen atoms in total. The van der Waals surface area contributed by atoms with Crippen LogP contribution in [-0.2, 0) is 7.05 Å². The van der Waals surface area contributed by atoms with Crippen molar-refractivity contribution in [3.63, 3.8) is 0 Å². The van der Waals surface area contributed by atoms with E-state index in [2.05, 4.69) is 39.4 Å². The Bertz CT molecular complexity index is 440. The van der Waals surface area contributed by atoms with Crippen LogP contribution in [0.25, 0.3) is 6.08 Å². The van der Waals surface area contributed by atoms with E-state index in [1.54, 1.807) is 10.8 Å². The number of rotatable bonds is 6. The van der Waals surface area contributed by atoms with Crippen LogP contribution in [0.1, 0.15) is 68.2 Å². The lowest BCUT2D eigenvalue weighted by atomic mass is 9.89. The van der Waals surface area contributed by atoms with Crippen LogP contribution in [-0.4, -0.2) is 15.6 Å². The molecule has 0 unspecified atom stereocenters. The number of hydrogen-bond donors (Lipinski definition) is 0. The zero-order valence-electron chi connectivity index (χ0n) is 12.2. The number of aryl methyl sites for hydroxylation is 1. The molecule has 1 aromatic heterocycles. The molecule has 0 aliphatic carbocycles. The van der Waals surface area contributed by atoms with E-state index in [-0.39, 0.29) is 17.6 Å². The van der Waals surface area contributed by atoms with Crippen molar-refractivity contribution in [2.45, 2.75) is 46.5 Å². The van der Waals surface area contributed by atoms with E-state index in [4.69, 9.17) is 0 Å². The van der Waals surface area contributed by atoms with Crippen LogP contribution in [0.3, 0.4) is 0 Å². The van der Waals surface area contributed by atoms with Crippen LogP contribution in [0.5, 0.6) is 0 Å². The third kappa shape index (κ3) is 2.55. The molecule has 0 bridgehead atoms. The van der Waals surface area contributed by atoms with E-state index >= 15 is 0 Å². The van der Waals surface area contributed by atoms with Gasteiger partial charge in [-0.3, -0.25) is 9.48 Å². The quantitative estimate of drug-likeness (QED) is 0.718. The van der Waals surface area contributed by atoms with Gasteiger partial charge in [0.15, 0.2) is 5.78 Å². The van der Waals surface area contributed by atoms with Crippen LogP contribution in [0, 0.1) is 5.92 Å². The molecule has 0 aliphatic rings. The molecule has 0 fully saturated rings. The van der Waals surface area contributed by atoms with E-state index in [9.17, 15) is 4.79 Å². The van der Waals surface area contributed by atoms with Gasteiger partial charge in [-0.15, -0.1) is 0 Å². The number of aromatic nitrogens is 2. The third-order valence-electron chi connectivity index (χ3n) is 3.46. The van der Waals surface area contributed by atoms with E-state index in [1.165, 1.54) is 0 Å². The van der Waals surface area contributed by atoms with E-state index < -0.39 is 0 Å². The predicted octanol–water partition coefficient (Wildman–Crippen LogP) is 3.81. The van der Waals surface area contributed by atoms with Gasteiger partial charge in [0.05, 0.1) is 17.0 Å². The Morgan fingerprint density at radius 2 is 1.94 bits per heavy atom. The Morgan fingerprint density at radius 1 is 1.39 bits per heavy atom. The minimum Gasteiger partial charge on any atom is -0.294 e. The molecule has 0 atom stereocenters. The summed E-state index contributed by atoms with van der Waals surface area (Å²) in [6.45, 7) is 12.1. The van der Waals surface area contributed by atoms with Crippen molar-refractivity contribution in [3.8, 4) is 0 Å². The molecule has 100 valence electrons. The second kappa shape index (κ2) is 5.98. The smallest absolute Gasteiger partial charge is 0.169 e. The molecule has 1 rings (SSSR count). The van der Waals surface area contributed by atoms with E-state index in [0.717, 1.165) is 29.8 Å². The topological polar surface area (TPSA) is 34.9 Å². The van der Waals surface area contributed by atoms with Crippen molar-refractivity contribution in [3.05, 3.63) is 23.5 Å². The molecular weight excluding hydrogens is 224 g/mol. The maximum atomic E-state index is 12.6. The van der Waals surface area contributed by atoms with Crippen LogP contribution in [0.15, 0.2) is 6.58 Å². The number of nitrogens with zero attached hydrogens (tertiary/aromatic N) is 2. The van der Waals surface area contributed by atoms with Gasteiger partial charge in [-0.05, 0) is 24.8 Å². The lowest BCUT2D eigenvalue weighted by Gasteiger charge is -2.13. The van der Waals surface area contributed by atoms with Crippen molar-refractivity contribution < 1.29 is 4.79 Å². The van der Waals surface area contributed by atoms with Crippen LogP contribution >= 0.6 is 0 Å². The van der Waals surface area contributed by atoms with Crippen molar-refractivity contribution in [1.29, 1.82) is 0 Å². The molecule has 0 aromatic carbocycles. The largest absolute Gasteiger partial charge is 0.294 e. The fraction of sp³-hybridized carbons (Fsp3) is 0.600. The zero-order chi connectivity index (χ0) is 13.9. The summed E-state index contributed by atoms with van der Waals surface area (Å²) in [5, 5.41) is 4.48. The maximum absolute atomic E-state index is 12.6. The monoisotopic (exact) mass is 248 g/mol. The van der Waals surface area contributed by atoms with Gasteiger partial charge in [0.2, 0.25) is 0 Å². The van der Waals surface area contributed by atoms with Gasteiger partial charge >= 0.3 is 0 Å². The average molecular weight is 248 g/mol. The summed E-state index contributed by atoms with van der Waals surface area (Å²) in [5.41, 5.74) is 2.51. The molecule has 18 heavy (non-hydrogen) atoms. The average Bonchev–Trinajstić information content (AvgIpc) is 2.67. The van der Waals surface area contributed by atoms with Gasteiger partial charge in [-0.2, -0.15) is 5.10 Å². The lowest BCUT2D eigenvalue weighted by molar-refractivity contribution is 0.0912. The number of carbonyl (C=O) groups is 1. The third-order valence-corrected chi connectivity index (χ3v) is 3.46. The normalized spacial score (nSPS) is 11.3. The molecule has 0 amide bonds. The fourth-order valence-corrected chi connectivity index (χ4v) is 2.31. The van der Waals surface area contributed by atoms with Crippen LogP contribution in [0.2, 0.25) is 0 Å². The Morgan fingerprint density at radius 3 is 2.33 bits per heavy atom. The van der Waals surface area contributed by atoms with Gasteiger partial charge in [0, 0.05) is 13.0 Å². The van der Waals surface area contributed by atoms with Crippen LogP contribution < -0.4 is 0 Å². The minimum absolute atomic E-state index is 0.0883. The lowest BCUT2D eigenvalue weighted by Crippen LogP contribution is -2.16. The van der Waals surface area contributed by atoms with Gasteiger partial charge in [-0.1, -0.05) is 34.3 Å². The molecule has 0 saturated carbocycles. The highest BCUT2D eigenvalue weighted by molar-refractivity contribution is 6.01. The van der Waals surface area contributed by atoms with Crippen molar-refractivity contribution >= 4 is 11.9 Å². The summed E-state index contributed by atoms with van der Waals surface area (Å²) in [6, 6.07) is 0. The first-order valence-corrected chi connectivity index (χ1v) is 6.71. The molecule has 3 heteroatoms. The summed E-state index contributed by atoms with van der Waals surface area (Å²) in [7, 11) is 1.87. The summed E-state index contributed by atoms with van der Waals surface area (Å²) < 4.78 is 1.76. The second-order valence-corrected chi connectivity index (χ2v) is 5.01. The van der Waals surface area contributed by atoms with Crippen molar-refractivity contribution in [1.82, 2.24) is 9.78 Å². The fourth-order valence-electron chi connectivity index (χ4n) is 2.31. The van der Waals surface area contributed by atoms with Gasteiger partial charge in [0.1, 0.15) is 0 Å². The summed E-state index contributed by atoms with van der Waals surface area (Å²) in [6.07, 6.45) is 3.48. The Kier molecular flexibility index (Phi) is 4.88. The zero-order valence-corrected chi connectivity index (χ0v) is 12.2. The number of hydrogen-bond acceptors (Lipinski definition) is 2. The molecule has 0 aliphatic heterocycles. The van der Waals surface area contributed by atoms with Crippen molar-refractivity contribution in [2.24, 2.45) is 13.0 Å². The van der Waals surface area contributed by atoms with Crippen LogP contribution in [0.4, 0.5) is 0 Å². The minimum atomic E-state index is 0.0883.